The summed E-state index contributed by atoms with van der Waals surface area (Å²) in [5, 5.41) is 12.3. The van der Waals surface area contributed by atoms with Crippen LogP contribution in [0.1, 0.15) is 86.0 Å². The topological polar surface area (TPSA) is 216 Å². The monoisotopic (exact) mass is 869 g/mol. The van der Waals surface area contributed by atoms with Gasteiger partial charge < -0.3 is 39.8 Å². The van der Waals surface area contributed by atoms with E-state index in [1.165, 1.54) is 16.2 Å². The van der Waals surface area contributed by atoms with Crippen LogP contribution in [0.2, 0.25) is 0 Å². The van der Waals surface area contributed by atoms with Gasteiger partial charge in [-0.1, -0.05) is 6.42 Å². The number of hydrogen-bond donors (Lipinski definition) is 4. The van der Waals surface area contributed by atoms with Crippen LogP contribution in [0, 0.1) is 5.92 Å². The standard InChI is InChI=1S/C41H55N7O10S2/c1-23(2)42-38-44-32(22-59-38)31-18-24-17-26(55-6)10-13-29(24)35(43-31)57-27-19-33-34(49)46-41(37(51)47-60(53,54)28-11-12-28)20-25(41)9-7-8-15-56-16-14-30(36(50)48(33)21-27)45-39(52)58-40(3,4)5/h10,13,17-18,22-23,25,27-28,30,33H,7-9,11-12,14-16,19-21H2,1-6H3,(H,42,44)(H,45,52)(H,46,49)(H,47,51)/t25-,27-,30+,33+,41-/m1/s1. The molecule has 60 heavy (non-hydrogen) atoms. The Morgan fingerprint density at radius 2 is 1.83 bits per heavy atom. The number of alkyl carbamates (subject to hydrolysis) is 1. The molecule has 17 nitrogen and oxygen atoms in total. The number of ether oxygens (including phenoxy) is 4. The summed E-state index contributed by atoms with van der Waals surface area (Å²) in [5.41, 5.74) is -1.17. The molecule has 4 amide bonds. The molecule has 4 aliphatic rings. The molecule has 4 fully saturated rings. The molecule has 2 aliphatic heterocycles. The van der Waals surface area contributed by atoms with Crippen LogP contribution < -0.4 is 30.1 Å². The number of methoxy groups -OCH3 is 1. The average Bonchev–Trinajstić information content (AvgIpc) is 4.06. The molecule has 2 aromatic heterocycles. The number of amides is 4. The van der Waals surface area contributed by atoms with Crippen molar-refractivity contribution < 1.29 is 46.5 Å². The van der Waals surface area contributed by atoms with Gasteiger partial charge in [0.05, 0.1) is 24.6 Å². The Morgan fingerprint density at radius 3 is 2.55 bits per heavy atom. The second kappa shape index (κ2) is 17.3. The summed E-state index contributed by atoms with van der Waals surface area (Å²) in [5.74, 6) is -1.44. The van der Waals surface area contributed by atoms with Gasteiger partial charge in [-0.05, 0) is 102 Å². The Kier molecular flexibility index (Phi) is 12.5. The van der Waals surface area contributed by atoms with E-state index in [0.29, 0.717) is 61.2 Å². The number of hydrogen-bond acceptors (Lipinski definition) is 14. The number of pyridine rings is 1. The van der Waals surface area contributed by atoms with Crippen LogP contribution in [0.25, 0.3) is 22.2 Å². The highest BCUT2D eigenvalue weighted by molar-refractivity contribution is 7.91. The predicted octanol–water partition coefficient (Wildman–Crippen LogP) is 4.50. The quantitative estimate of drug-likeness (QED) is 0.221. The SMILES string of the molecule is COc1ccc2c(O[C@@H]3C[C@H]4C(=O)N[C@]5(C(=O)NS(=O)(=O)C6CC6)C[C@H]5CCCCOCC[C@H](NC(=O)OC(C)(C)C)C(=O)N4C3)nc(-c3csc(NC(C)C)n3)cc2c1. The Labute approximate surface area is 354 Å². The van der Waals surface area contributed by atoms with Crippen molar-refractivity contribution >= 4 is 61.1 Å². The fourth-order valence-electron chi connectivity index (χ4n) is 7.75. The maximum Gasteiger partial charge on any atom is 0.408 e. The van der Waals surface area contributed by atoms with E-state index < -0.39 is 68.4 Å². The second-order valence-corrected chi connectivity index (χ2v) is 20.2. The number of rotatable bonds is 10. The maximum atomic E-state index is 14.6. The zero-order valence-corrected chi connectivity index (χ0v) is 36.5. The fourth-order valence-corrected chi connectivity index (χ4v) is 9.96. The Balaban J connectivity index is 1.22. The number of thiazole rings is 1. The number of anilines is 1. The summed E-state index contributed by atoms with van der Waals surface area (Å²) in [4.78, 5) is 67.2. The second-order valence-electron chi connectivity index (χ2n) is 17.4. The first kappa shape index (κ1) is 43.3. The molecule has 5 atom stereocenters. The Morgan fingerprint density at radius 1 is 1.05 bits per heavy atom. The molecule has 4 N–H and O–H groups in total. The molecule has 0 spiro atoms. The minimum atomic E-state index is -3.91. The molecule has 1 aromatic carbocycles. The Hall–Kier alpha value is -4.75. The molecule has 2 saturated carbocycles. The minimum Gasteiger partial charge on any atom is -0.497 e. The van der Waals surface area contributed by atoms with Gasteiger partial charge in [0.2, 0.25) is 27.7 Å². The lowest BCUT2D eigenvalue weighted by Crippen LogP contribution is -2.58. The van der Waals surface area contributed by atoms with Crippen molar-refractivity contribution in [2.75, 3.05) is 32.2 Å². The van der Waals surface area contributed by atoms with Crippen LogP contribution in [0.3, 0.4) is 0 Å². The lowest BCUT2D eigenvalue weighted by Gasteiger charge is -2.30. The molecule has 326 valence electrons. The molecule has 2 saturated heterocycles. The molecule has 4 heterocycles. The number of nitrogens with one attached hydrogen (secondary N) is 4. The third-order valence-corrected chi connectivity index (χ3v) is 13.6. The summed E-state index contributed by atoms with van der Waals surface area (Å²) < 4.78 is 51.7. The summed E-state index contributed by atoms with van der Waals surface area (Å²) in [6, 6.07) is 5.23. The number of aromatic nitrogens is 2. The zero-order valence-electron chi connectivity index (χ0n) is 34.9. The van der Waals surface area contributed by atoms with Gasteiger partial charge in [0, 0.05) is 42.9 Å². The number of benzene rings is 1. The van der Waals surface area contributed by atoms with Crippen molar-refractivity contribution in [2.24, 2.45) is 5.92 Å². The summed E-state index contributed by atoms with van der Waals surface area (Å²) >= 11 is 1.45. The van der Waals surface area contributed by atoms with Gasteiger partial charge in [-0.15, -0.1) is 11.3 Å². The summed E-state index contributed by atoms with van der Waals surface area (Å²) in [7, 11) is -2.34. The highest BCUT2D eigenvalue weighted by Crippen LogP contribution is 2.48. The van der Waals surface area contributed by atoms with Gasteiger partial charge in [-0.3, -0.25) is 19.1 Å². The van der Waals surface area contributed by atoms with Crippen molar-refractivity contribution in [3.05, 3.63) is 29.6 Å². The van der Waals surface area contributed by atoms with Crippen LogP contribution in [-0.4, -0.2) is 115 Å². The summed E-state index contributed by atoms with van der Waals surface area (Å²) in [6.45, 7) is 9.61. The van der Waals surface area contributed by atoms with Crippen LogP contribution >= 0.6 is 11.3 Å². The third-order valence-electron chi connectivity index (χ3n) is 11.0. The smallest absolute Gasteiger partial charge is 0.408 e. The normalized spacial score (nSPS) is 25.3. The van der Waals surface area contributed by atoms with Crippen LogP contribution in [-0.2, 0) is 33.9 Å². The molecule has 0 bridgehead atoms. The van der Waals surface area contributed by atoms with Gasteiger partial charge in [-0.25, -0.2) is 23.2 Å². The van der Waals surface area contributed by atoms with E-state index in [-0.39, 0.29) is 50.3 Å². The minimum absolute atomic E-state index is 0.00131. The van der Waals surface area contributed by atoms with E-state index in [0.717, 1.165) is 10.5 Å². The maximum absolute atomic E-state index is 14.6. The van der Waals surface area contributed by atoms with E-state index in [9.17, 15) is 27.6 Å². The van der Waals surface area contributed by atoms with Crippen LogP contribution in [0.15, 0.2) is 29.6 Å². The Bertz CT molecular complexity index is 2220. The van der Waals surface area contributed by atoms with Gasteiger partial charge in [-0.2, -0.15) is 0 Å². The predicted molar refractivity (Wildman–Crippen MR) is 224 cm³/mol. The molecule has 2 aliphatic carbocycles. The number of sulfonamides is 1. The van der Waals surface area contributed by atoms with E-state index in [1.807, 2.05) is 37.4 Å². The fraction of sp³-hybridized carbons (Fsp3) is 0.610. The zero-order chi connectivity index (χ0) is 43.0. The van der Waals surface area contributed by atoms with Crippen LogP contribution in [0.5, 0.6) is 11.6 Å². The van der Waals surface area contributed by atoms with Crippen LogP contribution in [0.4, 0.5) is 9.93 Å². The lowest BCUT2D eigenvalue weighted by molar-refractivity contribution is -0.141. The summed E-state index contributed by atoms with van der Waals surface area (Å²) in [6.07, 6.45) is 1.54. The lowest BCUT2D eigenvalue weighted by atomic mass is 10.1. The van der Waals surface area contributed by atoms with E-state index in [2.05, 4.69) is 20.7 Å². The number of carbonyl (C=O) groups is 4. The van der Waals surface area contributed by atoms with Gasteiger partial charge in [0.25, 0.3) is 5.91 Å². The van der Waals surface area contributed by atoms with E-state index in [4.69, 9.17) is 28.9 Å². The van der Waals surface area contributed by atoms with Gasteiger partial charge in [0.1, 0.15) is 40.8 Å². The van der Waals surface area contributed by atoms with E-state index in [1.54, 1.807) is 33.9 Å². The first-order chi connectivity index (χ1) is 28.4. The highest BCUT2D eigenvalue weighted by atomic mass is 32.2. The van der Waals surface area contributed by atoms with Crippen molar-refractivity contribution in [3.8, 4) is 23.0 Å². The number of fused-ring (bicyclic) bond motifs is 3. The molecule has 3 aromatic rings. The molecular weight excluding hydrogens is 815 g/mol. The average molecular weight is 870 g/mol. The molecular formula is C41H55N7O10S2. The van der Waals surface area contributed by atoms with E-state index >= 15 is 0 Å². The highest BCUT2D eigenvalue weighted by Gasteiger charge is 2.62. The van der Waals surface area contributed by atoms with Gasteiger partial charge >= 0.3 is 6.09 Å². The molecule has 7 rings (SSSR count). The molecule has 0 unspecified atom stereocenters. The van der Waals surface area contributed by atoms with Crippen molar-refractivity contribution in [1.82, 2.24) is 30.2 Å². The van der Waals surface area contributed by atoms with Crippen molar-refractivity contribution in [3.63, 3.8) is 0 Å². The van der Waals surface area contributed by atoms with Crippen molar-refractivity contribution in [1.29, 1.82) is 0 Å². The third kappa shape index (κ3) is 10.1. The first-order valence-electron chi connectivity index (χ1n) is 20.6. The van der Waals surface area contributed by atoms with Gasteiger partial charge in [0.15, 0.2) is 5.13 Å². The number of nitrogens with zero attached hydrogens (tertiary/aromatic N) is 3. The molecule has 19 heteroatoms. The largest absolute Gasteiger partial charge is 0.497 e. The van der Waals surface area contributed by atoms with Crippen molar-refractivity contribution in [2.45, 2.75) is 127 Å². The molecule has 0 radical (unpaired) electrons. The first-order valence-corrected chi connectivity index (χ1v) is 23.0. The number of carbonyl (C=O) groups excluding carboxylic acids is 4.